The third kappa shape index (κ3) is 3.28. The molecule has 1 aromatic carbocycles. The van der Waals surface area contributed by atoms with Crippen molar-refractivity contribution in [3.63, 3.8) is 0 Å². The van der Waals surface area contributed by atoms with Crippen molar-refractivity contribution in [1.82, 2.24) is 9.97 Å². The molecule has 4 nitrogen and oxygen atoms in total. The van der Waals surface area contributed by atoms with Crippen LogP contribution < -0.4 is 10.1 Å². The number of ether oxygens (including phenoxy) is 1. The first-order chi connectivity index (χ1) is 8.69. The molecule has 0 fully saturated rings. The Kier molecular flexibility index (Phi) is 4.29. The maximum absolute atomic E-state index is 13.0. The lowest BCUT2D eigenvalue weighted by atomic mass is 10.3. The molecule has 1 aromatic heterocycles. The molecule has 0 spiro atoms. The Labute approximate surface area is 118 Å². The molecule has 0 saturated heterocycles. The van der Waals surface area contributed by atoms with Crippen LogP contribution in [0.3, 0.4) is 0 Å². The Morgan fingerprint density at radius 3 is 3.00 bits per heavy atom. The topological polar surface area (TPSA) is 47.0 Å². The smallest absolute Gasteiger partial charge is 0.231 e. The van der Waals surface area contributed by atoms with Gasteiger partial charge in [-0.05, 0) is 47.7 Å². The second kappa shape index (κ2) is 5.94. The molecule has 0 saturated carbocycles. The van der Waals surface area contributed by atoms with E-state index in [1.807, 2.05) is 6.92 Å². The van der Waals surface area contributed by atoms with E-state index in [4.69, 9.17) is 4.74 Å². The molecule has 0 bridgehead atoms. The van der Waals surface area contributed by atoms with Crippen molar-refractivity contribution >= 4 is 34.2 Å². The molecular weight excluding hydrogens is 348 g/mol. The molecule has 94 valence electrons. The van der Waals surface area contributed by atoms with Gasteiger partial charge in [0.05, 0.1) is 10.2 Å². The van der Waals surface area contributed by atoms with Crippen molar-refractivity contribution in [2.75, 3.05) is 11.9 Å². The Bertz CT molecular complexity index is 551. The molecule has 0 unspecified atom stereocenters. The predicted molar refractivity (Wildman–Crippen MR) is 75.6 cm³/mol. The van der Waals surface area contributed by atoms with Gasteiger partial charge in [0, 0.05) is 11.9 Å². The number of nitrogens with zero attached hydrogens (tertiary/aromatic N) is 2. The summed E-state index contributed by atoms with van der Waals surface area (Å²) in [5.41, 5.74) is 0.596. The molecule has 6 heteroatoms. The van der Waals surface area contributed by atoms with E-state index in [2.05, 4.69) is 37.9 Å². The van der Waals surface area contributed by atoms with Gasteiger partial charge in [0.15, 0.2) is 0 Å². The molecule has 1 heterocycles. The highest BCUT2D eigenvalue weighted by Gasteiger charge is 2.06. The van der Waals surface area contributed by atoms with Crippen LogP contribution in [-0.4, -0.2) is 16.6 Å². The van der Waals surface area contributed by atoms with Crippen molar-refractivity contribution in [3.8, 4) is 5.88 Å². The van der Waals surface area contributed by atoms with E-state index in [0.29, 0.717) is 24.1 Å². The van der Waals surface area contributed by atoms with Crippen molar-refractivity contribution in [2.24, 2.45) is 0 Å². The van der Waals surface area contributed by atoms with Crippen LogP contribution in [0.25, 0.3) is 0 Å². The van der Waals surface area contributed by atoms with Crippen LogP contribution in [0.5, 0.6) is 5.88 Å². The number of aromatic nitrogens is 2. The summed E-state index contributed by atoms with van der Waals surface area (Å²) in [5.74, 6) is 0.590. The molecule has 1 N–H and O–H groups in total. The summed E-state index contributed by atoms with van der Waals surface area (Å²) in [5, 5.41) is 2.93. The number of hydrogen-bond acceptors (Lipinski definition) is 4. The van der Waals surface area contributed by atoms with Crippen LogP contribution in [0.1, 0.15) is 6.92 Å². The van der Waals surface area contributed by atoms with E-state index in [9.17, 15) is 4.39 Å². The lowest BCUT2D eigenvalue weighted by Gasteiger charge is -2.08. The van der Waals surface area contributed by atoms with E-state index in [0.717, 1.165) is 3.57 Å². The van der Waals surface area contributed by atoms with Crippen molar-refractivity contribution in [3.05, 3.63) is 39.8 Å². The summed E-state index contributed by atoms with van der Waals surface area (Å²) >= 11 is 2.10. The Morgan fingerprint density at radius 1 is 1.44 bits per heavy atom. The van der Waals surface area contributed by atoms with Crippen LogP contribution in [0.15, 0.2) is 30.5 Å². The highest BCUT2D eigenvalue weighted by Crippen LogP contribution is 2.20. The molecule has 0 aliphatic rings. The van der Waals surface area contributed by atoms with E-state index < -0.39 is 0 Å². The second-order valence-electron chi connectivity index (χ2n) is 3.42. The molecule has 0 aliphatic carbocycles. The molecule has 0 radical (unpaired) electrons. The third-order valence-corrected chi connectivity index (χ3v) is 2.81. The monoisotopic (exact) mass is 359 g/mol. The van der Waals surface area contributed by atoms with Crippen LogP contribution in [0.2, 0.25) is 0 Å². The number of benzene rings is 1. The number of rotatable bonds is 4. The van der Waals surface area contributed by atoms with Gasteiger partial charge in [-0.25, -0.2) is 9.37 Å². The zero-order valence-electron chi connectivity index (χ0n) is 9.65. The molecule has 0 atom stereocenters. The first-order valence-electron chi connectivity index (χ1n) is 5.37. The van der Waals surface area contributed by atoms with E-state index >= 15 is 0 Å². The average Bonchev–Trinajstić information content (AvgIpc) is 2.34. The Hall–Kier alpha value is -1.44. The average molecular weight is 359 g/mol. The summed E-state index contributed by atoms with van der Waals surface area (Å²) in [6.45, 7) is 2.42. The maximum atomic E-state index is 13.0. The van der Waals surface area contributed by atoms with E-state index in [1.54, 1.807) is 18.3 Å². The largest absolute Gasteiger partial charge is 0.477 e. The summed E-state index contributed by atoms with van der Waals surface area (Å²) in [7, 11) is 0. The highest BCUT2D eigenvalue weighted by atomic mass is 127. The van der Waals surface area contributed by atoms with Crippen LogP contribution in [0, 0.1) is 9.39 Å². The van der Waals surface area contributed by atoms with E-state index in [-0.39, 0.29) is 5.82 Å². The molecule has 2 rings (SSSR count). The fraction of sp³-hybridized carbons (Fsp3) is 0.167. The van der Waals surface area contributed by atoms with E-state index in [1.165, 1.54) is 12.1 Å². The van der Waals surface area contributed by atoms with Gasteiger partial charge in [0.2, 0.25) is 11.8 Å². The fourth-order valence-corrected chi connectivity index (χ4v) is 1.76. The van der Waals surface area contributed by atoms with Gasteiger partial charge in [0.1, 0.15) is 5.82 Å². The zero-order valence-corrected chi connectivity index (χ0v) is 11.8. The van der Waals surface area contributed by atoms with Gasteiger partial charge in [-0.3, -0.25) is 0 Å². The summed E-state index contributed by atoms with van der Waals surface area (Å²) in [6.07, 6.45) is 1.65. The minimum absolute atomic E-state index is 0.310. The minimum Gasteiger partial charge on any atom is -0.477 e. The zero-order chi connectivity index (χ0) is 13.0. The molecule has 2 aromatic rings. The van der Waals surface area contributed by atoms with Crippen molar-refractivity contribution in [2.45, 2.75) is 6.92 Å². The van der Waals surface area contributed by atoms with Crippen molar-refractivity contribution in [1.29, 1.82) is 0 Å². The Morgan fingerprint density at radius 2 is 2.28 bits per heavy atom. The quantitative estimate of drug-likeness (QED) is 0.851. The normalized spacial score (nSPS) is 10.2. The van der Waals surface area contributed by atoms with Gasteiger partial charge in [-0.1, -0.05) is 6.07 Å². The van der Waals surface area contributed by atoms with Gasteiger partial charge in [-0.15, -0.1) is 0 Å². The van der Waals surface area contributed by atoms with Gasteiger partial charge in [0.25, 0.3) is 0 Å². The number of anilines is 2. The summed E-state index contributed by atoms with van der Waals surface area (Å²) < 4.78 is 19.2. The fourth-order valence-electron chi connectivity index (χ4n) is 1.34. The number of hydrogen-bond donors (Lipinski definition) is 1. The Balaban J connectivity index is 2.21. The minimum atomic E-state index is -0.310. The molecule has 0 aliphatic heterocycles. The lowest BCUT2D eigenvalue weighted by molar-refractivity contribution is 0.324. The predicted octanol–water partition coefficient (Wildman–Crippen LogP) is 3.36. The standard InChI is InChI=1S/C12H11FIN3O/c1-2-18-11-10(14)7-15-12(17-11)16-9-5-3-4-8(13)6-9/h3-7H,2H2,1H3,(H,15,16,17). The number of nitrogens with one attached hydrogen (secondary N) is 1. The van der Waals surface area contributed by atoms with Crippen LogP contribution in [0.4, 0.5) is 16.0 Å². The third-order valence-electron chi connectivity index (χ3n) is 2.07. The first kappa shape index (κ1) is 13.0. The summed E-state index contributed by atoms with van der Waals surface area (Å²) in [6, 6.07) is 6.12. The van der Waals surface area contributed by atoms with Crippen LogP contribution in [-0.2, 0) is 0 Å². The number of halogens is 2. The molecule has 0 amide bonds. The van der Waals surface area contributed by atoms with Gasteiger partial charge < -0.3 is 10.1 Å². The van der Waals surface area contributed by atoms with Gasteiger partial charge in [-0.2, -0.15) is 4.98 Å². The van der Waals surface area contributed by atoms with Gasteiger partial charge >= 0.3 is 0 Å². The highest BCUT2D eigenvalue weighted by molar-refractivity contribution is 14.1. The van der Waals surface area contributed by atoms with Crippen molar-refractivity contribution < 1.29 is 9.13 Å². The lowest BCUT2D eigenvalue weighted by Crippen LogP contribution is -2.02. The maximum Gasteiger partial charge on any atom is 0.231 e. The first-order valence-corrected chi connectivity index (χ1v) is 6.45. The summed E-state index contributed by atoms with van der Waals surface area (Å²) in [4.78, 5) is 8.33. The second-order valence-corrected chi connectivity index (χ2v) is 4.58. The molecule has 18 heavy (non-hydrogen) atoms. The SMILES string of the molecule is CCOc1nc(Nc2cccc(F)c2)ncc1I. The molecular formula is C12H11FIN3O. The van der Waals surface area contributed by atoms with Crippen LogP contribution >= 0.6 is 22.6 Å².